The summed E-state index contributed by atoms with van der Waals surface area (Å²) in [5.41, 5.74) is 1.88. The highest BCUT2D eigenvalue weighted by molar-refractivity contribution is 7.99. The number of benzene rings is 3. The maximum absolute atomic E-state index is 13.1. The summed E-state index contributed by atoms with van der Waals surface area (Å²) in [6.07, 6.45) is 0. The van der Waals surface area contributed by atoms with Crippen molar-refractivity contribution in [1.82, 2.24) is 9.78 Å². The van der Waals surface area contributed by atoms with Gasteiger partial charge in [0, 0.05) is 20.4 Å². The Labute approximate surface area is 202 Å². The molecule has 1 amide bonds. The minimum atomic E-state index is -0.798. The van der Waals surface area contributed by atoms with Crippen molar-refractivity contribution in [2.45, 2.75) is 16.3 Å². The molecule has 0 spiro atoms. The molecule has 0 bridgehead atoms. The van der Waals surface area contributed by atoms with Crippen molar-refractivity contribution in [3.63, 3.8) is 0 Å². The molecule has 3 aromatic carbocycles. The van der Waals surface area contributed by atoms with E-state index in [0.29, 0.717) is 22.0 Å². The van der Waals surface area contributed by atoms with E-state index < -0.39 is 30.8 Å². The molecule has 1 aliphatic rings. The van der Waals surface area contributed by atoms with Crippen molar-refractivity contribution in [2.75, 3.05) is 11.5 Å². The van der Waals surface area contributed by atoms with Gasteiger partial charge in [0.15, 0.2) is 6.61 Å². The first-order valence-corrected chi connectivity index (χ1v) is 11.4. The Morgan fingerprint density at radius 1 is 0.971 bits per heavy atom. The molecule has 5 rings (SSSR count). The maximum atomic E-state index is 13.1. The average molecular weight is 494 g/mol. The summed E-state index contributed by atoms with van der Waals surface area (Å²) in [6, 6.07) is 21.5. The average Bonchev–Trinajstić information content (AvgIpc) is 3.21. The van der Waals surface area contributed by atoms with Gasteiger partial charge in [0.2, 0.25) is 5.89 Å². The van der Waals surface area contributed by atoms with E-state index in [1.165, 1.54) is 16.7 Å². The molecule has 34 heavy (non-hydrogen) atoms. The Morgan fingerprint density at radius 3 is 2.53 bits per heavy atom. The lowest BCUT2D eigenvalue weighted by Crippen LogP contribution is -2.33. The first-order chi connectivity index (χ1) is 16.5. The third-order valence-corrected chi connectivity index (χ3v) is 6.37. The molecule has 0 N–H and O–H groups in total. The highest BCUT2D eigenvalue weighted by atomic mass is 35.5. The lowest BCUT2D eigenvalue weighted by Gasteiger charge is -2.31. The number of carbonyl (C=O) groups excluding carboxylic acids is 2. The standard InChI is InChI=1S/C24H16ClN3O5S/c25-16-10-11-20-18(12-16)28(17-8-4-5-9-19(17)34-20)21(29)14-32-22(30)13-27-24(31)33-23(26-27)15-6-2-1-3-7-15/h1-12H,13-14H2. The Kier molecular flexibility index (Phi) is 5.95. The number of halogens is 1. The number of carbonyl (C=O) groups is 2. The van der Waals surface area contributed by atoms with Gasteiger partial charge >= 0.3 is 11.7 Å². The Hall–Kier alpha value is -3.82. The number of hydrogen-bond acceptors (Lipinski definition) is 7. The summed E-state index contributed by atoms with van der Waals surface area (Å²) in [7, 11) is 0. The summed E-state index contributed by atoms with van der Waals surface area (Å²) in [4.78, 5) is 40.8. The van der Waals surface area contributed by atoms with E-state index >= 15 is 0 Å². The number of para-hydroxylation sites is 1. The van der Waals surface area contributed by atoms with E-state index in [-0.39, 0.29) is 5.89 Å². The fourth-order valence-corrected chi connectivity index (χ4v) is 4.68. The molecule has 170 valence electrons. The zero-order valence-corrected chi connectivity index (χ0v) is 19.1. The van der Waals surface area contributed by atoms with Crippen LogP contribution in [0.25, 0.3) is 11.5 Å². The molecule has 0 unspecified atom stereocenters. The van der Waals surface area contributed by atoms with Crippen molar-refractivity contribution in [1.29, 1.82) is 0 Å². The third kappa shape index (κ3) is 4.35. The number of ether oxygens (including phenoxy) is 1. The van der Waals surface area contributed by atoms with E-state index in [0.717, 1.165) is 14.5 Å². The van der Waals surface area contributed by atoms with Crippen LogP contribution in [-0.4, -0.2) is 28.3 Å². The molecule has 0 fully saturated rings. The van der Waals surface area contributed by atoms with Crippen LogP contribution in [0.1, 0.15) is 0 Å². The van der Waals surface area contributed by atoms with Gasteiger partial charge < -0.3 is 9.15 Å². The largest absolute Gasteiger partial charge is 0.454 e. The molecule has 1 aromatic heterocycles. The van der Waals surface area contributed by atoms with Crippen LogP contribution in [0.5, 0.6) is 0 Å². The van der Waals surface area contributed by atoms with Crippen molar-refractivity contribution >= 4 is 46.6 Å². The molecule has 0 atom stereocenters. The Bertz CT molecular complexity index is 1450. The molecular weight excluding hydrogens is 478 g/mol. The smallest absolute Gasteiger partial charge is 0.437 e. The Morgan fingerprint density at radius 2 is 1.71 bits per heavy atom. The lowest BCUT2D eigenvalue weighted by atomic mass is 10.2. The molecular formula is C24H16ClN3O5S. The van der Waals surface area contributed by atoms with Gasteiger partial charge in [-0.25, -0.2) is 4.79 Å². The van der Waals surface area contributed by atoms with E-state index in [4.69, 9.17) is 20.8 Å². The third-order valence-electron chi connectivity index (χ3n) is 5.00. The number of amides is 1. The molecule has 0 aliphatic carbocycles. The zero-order chi connectivity index (χ0) is 23.7. The van der Waals surface area contributed by atoms with Crippen LogP contribution in [0.2, 0.25) is 5.02 Å². The molecule has 8 nitrogen and oxygen atoms in total. The second-order valence-electron chi connectivity index (χ2n) is 7.27. The normalized spacial score (nSPS) is 12.1. The SMILES string of the molecule is O=C(Cn1nc(-c2ccccc2)oc1=O)OCC(=O)N1c2ccccc2Sc2ccc(Cl)cc21. The number of aromatic nitrogens is 2. The summed E-state index contributed by atoms with van der Waals surface area (Å²) in [5, 5.41) is 4.51. The molecule has 0 saturated heterocycles. The van der Waals surface area contributed by atoms with Gasteiger partial charge in [-0.05, 0) is 42.5 Å². The van der Waals surface area contributed by atoms with E-state index in [1.54, 1.807) is 36.4 Å². The first kappa shape index (κ1) is 22.0. The van der Waals surface area contributed by atoms with E-state index in [9.17, 15) is 14.4 Å². The number of anilines is 2. The number of esters is 1. The maximum Gasteiger partial charge on any atom is 0.437 e. The molecule has 0 radical (unpaired) electrons. The zero-order valence-electron chi connectivity index (χ0n) is 17.5. The van der Waals surface area contributed by atoms with Gasteiger partial charge in [-0.15, -0.1) is 5.10 Å². The number of rotatable bonds is 5. The molecule has 10 heteroatoms. The lowest BCUT2D eigenvalue weighted by molar-refractivity contribution is -0.148. The van der Waals surface area contributed by atoms with Gasteiger partial charge in [0.1, 0.15) is 6.54 Å². The number of fused-ring (bicyclic) bond motifs is 2. The van der Waals surface area contributed by atoms with Crippen molar-refractivity contribution in [3.8, 4) is 11.5 Å². The first-order valence-electron chi connectivity index (χ1n) is 10.2. The molecule has 1 aliphatic heterocycles. The van der Waals surface area contributed by atoms with Crippen LogP contribution < -0.4 is 10.7 Å². The predicted molar refractivity (Wildman–Crippen MR) is 126 cm³/mol. The fraction of sp³-hybridized carbons (Fsp3) is 0.0833. The van der Waals surface area contributed by atoms with Crippen LogP contribution in [0.15, 0.2) is 91.8 Å². The summed E-state index contributed by atoms with van der Waals surface area (Å²) < 4.78 is 11.1. The van der Waals surface area contributed by atoms with Gasteiger partial charge in [-0.2, -0.15) is 4.68 Å². The van der Waals surface area contributed by atoms with Gasteiger partial charge in [-0.3, -0.25) is 14.5 Å². The summed E-state index contributed by atoms with van der Waals surface area (Å²) in [5.74, 6) is -1.96. The second-order valence-corrected chi connectivity index (χ2v) is 8.79. The van der Waals surface area contributed by atoms with Crippen LogP contribution in [-0.2, 0) is 20.9 Å². The van der Waals surface area contributed by atoms with Crippen molar-refractivity contribution < 1.29 is 18.7 Å². The fourth-order valence-electron chi connectivity index (χ4n) is 3.47. The molecule has 0 saturated carbocycles. The second kappa shape index (κ2) is 9.20. The molecule has 2 heterocycles. The number of hydrogen-bond donors (Lipinski definition) is 0. The van der Waals surface area contributed by atoms with Crippen LogP contribution in [0.4, 0.5) is 11.4 Å². The summed E-state index contributed by atoms with van der Waals surface area (Å²) in [6.45, 7) is -1.01. The molecule has 4 aromatic rings. The minimum Gasteiger partial charge on any atom is -0.454 e. The van der Waals surface area contributed by atoms with Crippen molar-refractivity contribution in [2.24, 2.45) is 0 Å². The van der Waals surface area contributed by atoms with E-state index in [1.807, 2.05) is 36.4 Å². The van der Waals surface area contributed by atoms with Gasteiger partial charge in [-0.1, -0.05) is 53.7 Å². The number of nitrogens with zero attached hydrogens (tertiary/aromatic N) is 3. The van der Waals surface area contributed by atoms with Crippen LogP contribution >= 0.6 is 23.4 Å². The quantitative estimate of drug-likeness (QED) is 0.377. The van der Waals surface area contributed by atoms with Gasteiger partial charge in [0.05, 0.1) is 11.4 Å². The Balaban J connectivity index is 1.31. The van der Waals surface area contributed by atoms with Crippen LogP contribution in [0, 0.1) is 0 Å². The minimum absolute atomic E-state index is 0.0883. The summed E-state index contributed by atoms with van der Waals surface area (Å²) >= 11 is 7.70. The highest BCUT2D eigenvalue weighted by Gasteiger charge is 2.29. The highest BCUT2D eigenvalue weighted by Crippen LogP contribution is 2.48. The van der Waals surface area contributed by atoms with Crippen molar-refractivity contribution in [3.05, 3.63) is 88.4 Å². The predicted octanol–water partition coefficient (Wildman–Crippen LogP) is 4.53. The van der Waals surface area contributed by atoms with E-state index in [2.05, 4.69) is 5.10 Å². The topological polar surface area (TPSA) is 94.6 Å². The van der Waals surface area contributed by atoms with Crippen LogP contribution in [0.3, 0.4) is 0 Å². The monoisotopic (exact) mass is 493 g/mol. The van der Waals surface area contributed by atoms with Gasteiger partial charge in [0.25, 0.3) is 5.91 Å².